The van der Waals surface area contributed by atoms with E-state index in [1.54, 1.807) is 0 Å². The van der Waals surface area contributed by atoms with Crippen molar-refractivity contribution in [2.24, 2.45) is 0 Å². The molecule has 0 fully saturated rings. The van der Waals surface area contributed by atoms with E-state index in [9.17, 15) is 34.9 Å². The fourth-order valence-electron chi connectivity index (χ4n) is 2.95. The maximum absolute atomic E-state index is 13.0. The number of aliphatic hydroxyl groups is 2. The Labute approximate surface area is 171 Å². The Balaban J connectivity index is 2.37. The van der Waals surface area contributed by atoms with E-state index in [1.165, 1.54) is 0 Å². The Morgan fingerprint density at radius 1 is 0.767 bits per heavy atom. The molecular formula is C20H20N2O8. The molecule has 0 amide bonds. The molecule has 0 bridgehead atoms. The van der Waals surface area contributed by atoms with Crippen molar-refractivity contribution in [1.82, 2.24) is 0 Å². The molecule has 0 aliphatic heterocycles. The van der Waals surface area contributed by atoms with Crippen molar-refractivity contribution < 1.29 is 29.6 Å². The van der Waals surface area contributed by atoms with E-state index in [0.717, 1.165) is 48.5 Å². The number of nitrogens with zero attached hydrogens (tertiary/aromatic N) is 2. The normalized spacial score (nSPS) is 11.1. The van der Waals surface area contributed by atoms with Crippen molar-refractivity contribution in [3.63, 3.8) is 0 Å². The van der Waals surface area contributed by atoms with Gasteiger partial charge in [0.05, 0.1) is 9.85 Å². The summed E-state index contributed by atoms with van der Waals surface area (Å²) in [6.45, 7) is -0.0783. The summed E-state index contributed by atoms with van der Waals surface area (Å²) in [6.07, 6.45) is 0.903. The van der Waals surface area contributed by atoms with E-state index in [4.69, 9.17) is 5.11 Å². The maximum atomic E-state index is 13.0. The second kappa shape index (κ2) is 9.81. The molecule has 0 heterocycles. The first-order valence-electron chi connectivity index (χ1n) is 9.12. The smallest absolute Gasteiger partial charge is 0.269 e. The number of non-ortho nitro benzene ring substituents is 2. The van der Waals surface area contributed by atoms with Crippen LogP contribution < -0.4 is 0 Å². The Morgan fingerprint density at radius 2 is 1.17 bits per heavy atom. The molecule has 2 rings (SSSR count). The van der Waals surface area contributed by atoms with Gasteiger partial charge in [0.2, 0.25) is 11.6 Å². The van der Waals surface area contributed by atoms with Gasteiger partial charge in [0.1, 0.15) is 0 Å². The highest BCUT2D eigenvalue weighted by Gasteiger charge is 2.44. The molecule has 2 aromatic carbocycles. The van der Waals surface area contributed by atoms with Gasteiger partial charge in [-0.15, -0.1) is 0 Å². The van der Waals surface area contributed by atoms with Crippen LogP contribution in [0.5, 0.6) is 0 Å². The summed E-state index contributed by atoms with van der Waals surface area (Å²) < 4.78 is 0. The van der Waals surface area contributed by atoms with Crippen molar-refractivity contribution >= 4 is 22.9 Å². The number of nitro benzene ring substituents is 2. The third-order valence-corrected chi connectivity index (χ3v) is 4.63. The molecule has 2 aromatic rings. The number of carbonyl (C=O) groups excluding carboxylic acids is 2. The molecule has 0 radical (unpaired) electrons. The van der Waals surface area contributed by atoms with Crippen molar-refractivity contribution in [2.45, 2.75) is 31.3 Å². The van der Waals surface area contributed by atoms with E-state index in [2.05, 4.69) is 0 Å². The van der Waals surface area contributed by atoms with E-state index < -0.39 is 27.0 Å². The zero-order valence-corrected chi connectivity index (χ0v) is 15.9. The molecular weight excluding hydrogens is 396 g/mol. The number of nitro groups is 2. The van der Waals surface area contributed by atoms with Gasteiger partial charge in [-0.1, -0.05) is 6.42 Å². The van der Waals surface area contributed by atoms with Crippen LogP contribution in [0.1, 0.15) is 46.4 Å². The quantitative estimate of drug-likeness (QED) is 0.186. The van der Waals surface area contributed by atoms with Gasteiger partial charge in [-0.05, 0) is 43.5 Å². The molecule has 0 atom stereocenters. The van der Waals surface area contributed by atoms with E-state index >= 15 is 0 Å². The average Bonchev–Trinajstić information content (AvgIpc) is 2.75. The van der Waals surface area contributed by atoms with Crippen LogP contribution in [0.4, 0.5) is 11.4 Å². The van der Waals surface area contributed by atoms with Crippen molar-refractivity contribution in [3.8, 4) is 0 Å². The van der Waals surface area contributed by atoms with Crippen LogP contribution in [-0.2, 0) is 0 Å². The lowest BCUT2D eigenvalue weighted by Gasteiger charge is -2.25. The standard InChI is InChI=1S/C20H20N2O8/c23-13-3-1-2-12-20(26,18(24)14-4-8-16(9-5-14)21(27)28)19(25)15-6-10-17(11-7-15)22(29)30/h4-11,23,26H,1-3,12-13H2. The van der Waals surface area contributed by atoms with Crippen molar-refractivity contribution in [1.29, 1.82) is 0 Å². The van der Waals surface area contributed by atoms with Crippen LogP contribution in [-0.4, -0.2) is 43.8 Å². The Morgan fingerprint density at radius 3 is 1.50 bits per heavy atom. The van der Waals surface area contributed by atoms with Crippen LogP contribution in [0.15, 0.2) is 48.5 Å². The van der Waals surface area contributed by atoms with Gasteiger partial charge in [-0.2, -0.15) is 0 Å². The third kappa shape index (κ3) is 5.10. The second-order valence-corrected chi connectivity index (χ2v) is 6.66. The number of ketones is 2. The van der Waals surface area contributed by atoms with Gasteiger partial charge in [-0.3, -0.25) is 29.8 Å². The van der Waals surface area contributed by atoms with Gasteiger partial charge in [-0.25, -0.2) is 0 Å². The highest BCUT2D eigenvalue weighted by molar-refractivity contribution is 6.22. The zero-order chi connectivity index (χ0) is 22.3. The summed E-state index contributed by atoms with van der Waals surface area (Å²) in [6, 6.07) is 8.99. The number of hydrogen-bond acceptors (Lipinski definition) is 8. The predicted octanol–water partition coefficient (Wildman–Crippen LogP) is 2.85. The predicted molar refractivity (Wildman–Crippen MR) is 105 cm³/mol. The number of benzene rings is 2. The highest BCUT2D eigenvalue weighted by atomic mass is 16.6. The largest absolute Gasteiger partial charge is 0.396 e. The lowest BCUT2D eigenvalue weighted by Crippen LogP contribution is -2.46. The number of unbranched alkanes of at least 4 members (excludes halogenated alkanes) is 2. The fourth-order valence-corrected chi connectivity index (χ4v) is 2.95. The summed E-state index contributed by atoms with van der Waals surface area (Å²) in [5.41, 5.74) is -3.12. The fraction of sp³-hybridized carbons (Fsp3) is 0.300. The summed E-state index contributed by atoms with van der Waals surface area (Å²) >= 11 is 0. The summed E-state index contributed by atoms with van der Waals surface area (Å²) in [4.78, 5) is 46.3. The van der Waals surface area contributed by atoms with Gasteiger partial charge in [0.15, 0.2) is 5.60 Å². The lowest BCUT2D eigenvalue weighted by atomic mass is 9.81. The first-order valence-corrected chi connectivity index (χ1v) is 9.12. The van der Waals surface area contributed by atoms with Gasteiger partial charge in [0, 0.05) is 42.0 Å². The Bertz CT molecular complexity index is 869. The minimum absolute atomic E-state index is 0.0783. The average molecular weight is 416 g/mol. The number of carbonyl (C=O) groups is 2. The maximum Gasteiger partial charge on any atom is 0.269 e. The summed E-state index contributed by atoms with van der Waals surface area (Å²) in [5, 5.41) is 41.6. The zero-order valence-electron chi connectivity index (χ0n) is 15.9. The monoisotopic (exact) mass is 416 g/mol. The molecule has 0 aliphatic rings. The van der Waals surface area contributed by atoms with Crippen LogP contribution in [0.2, 0.25) is 0 Å². The van der Waals surface area contributed by atoms with Crippen molar-refractivity contribution in [2.75, 3.05) is 6.61 Å². The lowest BCUT2D eigenvalue weighted by molar-refractivity contribution is -0.385. The highest BCUT2D eigenvalue weighted by Crippen LogP contribution is 2.27. The molecule has 0 saturated heterocycles. The summed E-state index contributed by atoms with van der Waals surface area (Å²) in [7, 11) is 0. The Kier molecular flexibility index (Phi) is 7.45. The summed E-state index contributed by atoms with van der Waals surface area (Å²) in [5.74, 6) is -1.85. The molecule has 0 unspecified atom stereocenters. The van der Waals surface area contributed by atoms with Gasteiger partial charge in [0.25, 0.3) is 11.4 Å². The molecule has 10 heteroatoms. The number of hydrogen-bond donors (Lipinski definition) is 2. The first-order chi connectivity index (χ1) is 14.2. The molecule has 158 valence electrons. The topological polar surface area (TPSA) is 161 Å². The minimum atomic E-state index is -2.46. The number of aliphatic hydroxyl groups excluding tert-OH is 1. The first kappa shape index (κ1) is 22.8. The SMILES string of the molecule is O=C(c1ccc([N+](=O)[O-])cc1)C(O)(CCCCCO)C(=O)c1ccc([N+](=O)[O-])cc1. The van der Waals surface area contributed by atoms with Crippen LogP contribution in [0.3, 0.4) is 0 Å². The molecule has 10 nitrogen and oxygen atoms in total. The van der Waals surface area contributed by atoms with Crippen LogP contribution >= 0.6 is 0 Å². The van der Waals surface area contributed by atoms with Crippen molar-refractivity contribution in [3.05, 3.63) is 79.9 Å². The molecule has 0 aromatic heterocycles. The van der Waals surface area contributed by atoms with Gasteiger partial charge < -0.3 is 10.2 Å². The van der Waals surface area contributed by atoms with E-state index in [-0.39, 0.29) is 42.0 Å². The molecule has 30 heavy (non-hydrogen) atoms. The minimum Gasteiger partial charge on any atom is -0.396 e. The molecule has 0 saturated carbocycles. The van der Waals surface area contributed by atoms with E-state index in [1.807, 2.05) is 0 Å². The number of rotatable bonds is 11. The molecule has 0 spiro atoms. The number of Topliss-reactive ketones (excluding diaryl/α,β-unsaturated/α-hetero) is 2. The second-order valence-electron chi connectivity index (χ2n) is 6.66. The Hall–Kier alpha value is -3.50. The van der Waals surface area contributed by atoms with Crippen LogP contribution in [0.25, 0.3) is 0 Å². The van der Waals surface area contributed by atoms with Crippen LogP contribution in [0, 0.1) is 20.2 Å². The van der Waals surface area contributed by atoms with Gasteiger partial charge >= 0.3 is 0 Å². The third-order valence-electron chi connectivity index (χ3n) is 4.63. The van der Waals surface area contributed by atoms with E-state index in [0.29, 0.717) is 12.8 Å². The molecule has 0 aliphatic carbocycles. The molecule has 2 N–H and O–H groups in total.